The fourth-order valence-electron chi connectivity index (χ4n) is 2.82. The molecule has 0 amide bonds. The first kappa shape index (κ1) is 11.0. The summed E-state index contributed by atoms with van der Waals surface area (Å²) < 4.78 is 13.4. The Hall–Kier alpha value is -0.110. The molecule has 0 N–H and O–H groups in total. The van der Waals surface area contributed by atoms with E-state index in [1.54, 1.807) is 0 Å². The second-order valence-electron chi connectivity index (χ2n) is 4.45. The largest absolute Gasteiger partial charge is 0.295 e. The van der Waals surface area contributed by atoms with Crippen LogP contribution in [-0.2, 0) is 0 Å². The fraction of sp³-hybridized carbons (Fsp3) is 1.00. The molecule has 78 valence electrons. The number of hydrogen-bond acceptors (Lipinski definition) is 1. The predicted octanol–water partition coefficient (Wildman–Crippen LogP) is 2.85. The van der Waals surface area contributed by atoms with E-state index >= 15 is 0 Å². The molecule has 2 unspecified atom stereocenters. The molecular weight excluding hydrogens is 165 g/mol. The van der Waals surface area contributed by atoms with Crippen molar-refractivity contribution < 1.29 is 4.39 Å². The predicted molar refractivity (Wildman–Crippen MR) is 54.6 cm³/mol. The van der Waals surface area contributed by atoms with Crippen LogP contribution in [0.25, 0.3) is 0 Å². The van der Waals surface area contributed by atoms with E-state index in [1.807, 2.05) is 0 Å². The number of alkyl halides is 1. The van der Waals surface area contributed by atoms with Gasteiger partial charge in [-0.3, -0.25) is 4.90 Å². The van der Waals surface area contributed by atoms with Gasteiger partial charge in [0.25, 0.3) is 0 Å². The van der Waals surface area contributed by atoms with Crippen molar-refractivity contribution in [1.82, 2.24) is 4.90 Å². The second kappa shape index (κ2) is 3.95. The van der Waals surface area contributed by atoms with Gasteiger partial charge in [0.2, 0.25) is 0 Å². The van der Waals surface area contributed by atoms with Crippen LogP contribution in [0.15, 0.2) is 0 Å². The minimum absolute atomic E-state index is 0.133. The Morgan fingerprint density at radius 3 is 2.38 bits per heavy atom. The van der Waals surface area contributed by atoms with Crippen LogP contribution in [0.1, 0.15) is 40.5 Å². The highest BCUT2D eigenvalue weighted by atomic mass is 19.1. The van der Waals surface area contributed by atoms with E-state index in [1.165, 1.54) is 0 Å². The van der Waals surface area contributed by atoms with Crippen LogP contribution >= 0.6 is 0 Å². The van der Waals surface area contributed by atoms with Gasteiger partial charge < -0.3 is 0 Å². The first-order valence-electron chi connectivity index (χ1n) is 5.46. The Morgan fingerprint density at radius 2 is 2.08 bits per heavy atom. The summed E-state index contributed by atoms with van der Waals surface area (Å²) >= 11 is 0. The van der Waals surface area contributed by atoms with Crippen LogP contribution in [0.4, 0.5) is 4.39 Å². The van der Waals surface area contributed by atoms with Crippen LogP contribution in [-0.4, -0.2) is 29.7 Å². The lowest BCUT2D eigenvalue weighted by Crippen LogP contribution is -2.47. The molecular formula is C11H22FN. The summed E-state index contributed by atoms with van der Waals surface area (Å²) in [6, 6.07) is 0. The lowest BCUT2D eigenvalue weighted by Gasteiger charge is -2.40. The number of nitrogens with zero attached hydrogens (tertiary/aromatic N) is 1. The standard InChI is InChI=1S/C11H22FN/c1-5-11(9(3)4)7-10(12)8-13(11)6-2/h9-10H,5-8H2,1-4H3. The Morgan fingerprint density at radius 1 is 1.46 bits per heavy atom. The van der Waals surface area contributed by atoms with Crippen molar-refractivity contribution in [2.24, 2.45) is 5.92 Å². The third kappa shape index (κ3) is 1.74. The van der Waals surface area contributed by atoms with Crippen molar-refractivity contribution in [2.75, 3.05) is 13.1 Å². The molecule has 1 heterocycles. The van der Waals surface area contributed by atoms with E-state index in [4.69, 9.17) is 0 Å². The molecule has 1 aliphatic rings. The molecule has 0 radical (unpaired) electrons. The molecule has 1 aliphatic heterocycles. The van der Waals surface area contributed by atoms with Gasteiger partial charge in [0.1, 0.15) is 6.17 Å². The number of hydrogen-bond donors (Lipinski definition) is 0. The van der Waals surface area contributed by atoms with Crippen LogP contribution in [0.5, 0.6) is 0 Å². The van der Waals surface area contributed by atoms with Gasteiger partial charge in [0.15, 0.2) is 0 Å². The minimum atomic E-state index is -0.609. The maximum atomic E-state index is 13.4. The van der Waals surface area contributed by atoms with Gasteiger partial charge in [-0.1, -0.05) is 27.7 Å². The monoisotopic (exact) mass is 187 g/mol. The van der Waals surface area contributed by atoms with Gasteiger partial charge in [-0.05, 0) is 25.3 Å². The smallest absolute Gasteiger partial charge is 0.115 e. The molecule has 0 spiro atoms. The molecule has 0 saturated carbocycles. The normalized spacial score (nSPS) is 36.0. The van der Waals surface area contributed by atoms with Gasteiger partial charge in [-0.15, -0.1) is 0 Å². The highest BCUT2D eigenvalue weighted by molar-refractivity contribution is 5.00. The molecule has 1 nitrogen and oxygen atoms in total. The molecule has 2 atom stereocenters. The summed E-state index contributed by atoms with van der Waals surface area (Å²) in [5, 5.41) is 0. The van der Waals surface area contributed by atoms with E-state index in [9.17, 15) is 4.39 Å². The van der Waals surface area contributed by atoms with E-state index in [-0.39, 0.29) is 5.54 Å². The Kier molecular flexibility index (Phi) is 3.33. The fourth-order valence-corrected chi connectivity index (χ4v) is 2.82. The molecule has 1 saturated heterocycles. The van der Waals surface area contributed by atoms with Crippen LogP contribution in [0.2, 0.25) is 0 Å². The lowest BCUT2D eigenvalue weighted by atomic mass is 9.81. The van der Waals surface area contributed by atoms with E-state index in [2.05, 4.69) is 32.6 Å². The van der Waals surface area contributed by atoms with Crippen LogP contribution < -0.4 is 0 Å². The van der Waals surface area contributed by atoms with E-state index < -0.39 is 6.17 Å². The molecule has 2 heteroatoms. The summed E-state index contributed by atoms with van der Waals surface area (Å²) in [6.07, 6.45) is 1.19. The van der Waals surface area contributed by atoms with Crippen LogP contribution in [0.3, 0.4) is 0 Å². The Balaban J connectivity index is 2.83. The number of halogens is 1. The third-order valence-corrected chi connectivity index (χ3v) is 3.69. The molecule has 0 aromatic heterocycles. The summed E-state index contributed by atoms with van der Waals surface area (Å²) in [5.74, 6) is 0.554. The van der Waals surface area contributed by atoms with E-state index in [0.29, 0.717) is 12.5 Å². The van der Waals surface area contributed by atoms with Gasteiger partial charge in [0, 0.05) is 12.1 Å². The summed E-state index contributed by atoms with van der Waals surface area (Å²) in [7, 11) is 0. The van der Waals surface area contributed by atoms with Crippen molar-refractivity contribution in [3.63, 3.8) is 0 Å². The average Bonchev–Trinajstić information content (AvgIpc) is 2.42. The van der Waals surface area contributed by atoms with Crippen molar-refractivity contribution in [3.05, 3.63) is 0 Å². The highest BCUT2D eigenvalue weighted by Crippen LogP contribution is 2.39. The SMILES string of the molecule is CCN1CC(F)CC1(CC)C(C)C. The zero-order valence-corrected chi connectivity index (χ0v) is 9.31. The number of rotatable bonds is 3. The maximum Gasteiger partial charge on any atom is 0.115 e. The van der Waals surface area contributed by atoms with Crippen LogP contribution in [0, 0.1) is 5.92 Å². The molecule has 0 aromatic rings. The maximum absolute atomic E-state index is 13.4. The van der Waals surface area contributed by atoms with Crippen molar-refractivity contribution in [2.45, 2.75) is 52.2 Å². The van der Waals surface area contributed by atoms with Gasteiger partial charge in [-0.2, -0.15) is 0 Å². The minimum Gasteiger partial charge on any atom is -0.295 e. The molecule has 1 fully saturated rings. The lowest BCUT2D eigenvalue weighted by molar-refractivity contribution is 0.0882. The Bertz CT molecular complexity index is 169. The molecule has 1 rings (SSSR count). The first-order chi connectivity index (χ1) is 6.06. The molecule has 0 aromatic carbocycles. The Labute approximate surface area is 81.3 Å². The first-order valence-corrected chi connectivity index (χ1v) is 5.46. The quantitative estimate of drug-likeness (QED) is 0.656. The highest BCUT2D eigenvalue weighted by Gasteiger charge is 2.45. The zero-order chi connectivity index (χ0) is 10.1. The number of likely N-dealkylation sites (tertiary alicyclic amines) is 1. The third-order valence-electron chi connectivity index (χ3n) is 3.69. The van der Waals surface area contributed by atoms with Gasteiger partial charge in [0.05, 0.1) is 0 Å². The summed E-state index contributed by atoms with van der Waals surface area (Å²) in [4.78, 5) is 2.32. The van der Waals surface area contributed by atoms with Gasteiger partial charge >= 0.3 is 0 Å². The average molecular weight is 187 g/mol. The van der Waals surface area contributed by atoms with Crippen molar-refractivity contribution in [1.29, 1.82) is 0 Å². The second-order valence-corrected chi connectivity index (χ2v) is 4.45. The van der Waals surface area contributed by atoms with Gasteiger partial charge in [-0.25, -0.2) is 4.39 Å². The summed E-state index contributed by atoms with van der Waals surface area (Å²) in [6.45, 7) is 10.4. The van der Waals surface area contributed by atoms with E-state index in [0.717, 1.165) is 19.4 Å². The van der Waals surface area contributed by atoms with Crippen molar-refractivity contribution >= 4 is 0 Å². The topological polar surface area (TPSA) is 3.24 Å². The zero-order valence-electron chi connectivity index (χ0n) is 9.31. The summed E-state index contributed by atoms with van der Waals surface area (Å²) in [5.41, 5.74) is 0.133. The molecule has 0 aliphatic carbocycles. The van der Waals surface area contributed by atoms with Crippen molar-refractivity contribution in [3.8, 4) is 0 Å². The molecule has 13 heavy (non-hydrogen) atoms. The molecule has 0 bridgehead atoms.